The summed E-state index contributed by atoms with van der Waals surface area (Å²) in [6.45, 7) is 5.70. The molecule has 0 spiro atoms. The molecule has 1 amide bonds. The molecule has 0 aliphatic carbocycles. The van der Waals surface area contributed by atoms with E-state index in [2.05, 4.69) is 10.3 Å². The smallest absolute Gasteiger partial charge is 0.263 e. The van der Waals surface area contributed by atoms with E-state index in [0.29, 0.717) is 10.8 Å². The summed E-state index contributed by atoms with van der Waals surface area (Å²) in [7, 11) is 0. The summed E-state index contributed by atoms with van der Waals surface area (Å²) in [6.07, 6.45) is 0.782. The molecule has 1 aromatic heterocycles. The quantitative estimate of drug-likeness (QED) is 0.830. The van der Waals surface area contributed by atoms with Gasteiger partial charge in [-0.1, -0.05) is 0 Å². The summed E-state index contributed by atoms with van der Waals surface area (Å²) in [6, 6.07) is 0.108. The maximum absolute atomic E-state index is 11.8. The molecule has 1 heterocycles. The fourth-order valence-electron chi connectivity index (χ4n) is 1.27. The van der Waals surface area contributed by atoms with Crippen molar-refractivity contribution in [1.29, 1.82) is 0 Å². The lowest BCUT2D eigenvalue weighted by Crippen LogP contribution is -2.32. The Morgan fingerprint density at radius 1 is 1.60 bits per heavy atom. The third-order valence-electron chi connectivity index (χ3n) is 2.03. The number of carbonyl (C=O) groups excluding carboxylic acids is 1. The molecule has 1 unspecified atom stereocenters. The summed E-state index contributed by atoms with van der Waals surface area (Å²) in [5.41, 5.74) is 0.799. The largest absolute Gasteiger partial charge is 0.349 e. The Morgan fingerprint density at radius 3 is 2.73 bits per heavy atom. The van der Waals surface area contributed by atoms with Gasteiger partial charge in [0.05, 0.1) is 10.7 Å². The normalized spacial score (nSPS) is 12.5. The van der Waals surface area contributed by atoms with Crippen LogP contribution in [0.3, 0.4) is 0 Å². The summed E-state index contributed by atoms with van der Waals surface area (Å²) in [5.74, 6) is 0.512. The van der Waals surface area contributed by atoms with Gasteiger partial charge in [-0.3, -0.25) is 4.79 Å². The number of nitrogens with zero attached hydrogens (tertiary/aromatic N) is 1. The first-order chi connectivity index (χ1) is 7.04. The van der Waals surface area contributed by atoms with Crippen molar-refractivity contribution < 1.29 is 4.79 Å². The molecule has 0 fully saturated rings. The Labute approximate surface area is 98.9 Å². The minimum absolute atomic E-state index is 0.0456. The lowest BCUT2D eigenvalue weighted by atomic mass is 10.2. The maximum Gasteiger partial charge on any atom is 0.263 e. The van der Waals surface area contributed by atoms with Crippen molar-refractivity contribution >= 4 is 28.8 Å². The average Bonchev–Trinajstić information content (AvgIpc) is 2.45. The van der Waals surface area contributed by atoms with Crippen LogP contribution in [0.1, 0.15) is 33.7 Å². The number of aromatic nitrogens is 1. The average molecular weight is 247 g/mol. The van der Waals surface area contributed by atoms with Crippen LogP contribution < -0.4 is 5.32 Å². The van der Waals surface area contributed by atoms with Gasteiger partial charge in [-0.05, 0) is 27.2 Å². The molecule has 0 aliphatic rings. The molecule has 0 saturated heterocycles. The van der Waals surface area contributed by atoms with Crippen molar-refractivity contribution in [3.63, 3.8) is 0 Å². The number of hydrogen-bond acceptors (Lipinski definition) is 3. The molecule has 1 rings (SSSR count). The zero-order valence-corrected chi connectivity index (χ0v) is 10.7. The molecule has 15 heavy (non-hydrogen) atoms. The highest BCUT2D eigenvalue weighted by atomic mass is 35.5. The van der Waals surface area contributed by atoms with Crippen LogP contribution in [0.2, 0.25) is 0 Å². The van der Waals surface area contributed by atoms with E-state index >= 15 is 0 Å². The molecule has 1 N–H and O–H groups in total. The second-order valence-corrected chi connectivity index (χ2v) is 5.08. The third-order valence-corrected chi connectivity index (χ3v) is 3.32. The zero-order chi connectivity index (χ0) is 11.4. The van der Waals surface area contributed by atoms with E-state index in [1.54, 1.807) is 0 Å². The van der Waals surface area contributed by atoms with E-state index in [1.807, 2.05) is 20.8 Å². The Hall–Kier alpha value is -0.610. The molecule has 5 heteroatoms. The minimum atomic E-state index is -0.0456. The van der Waals surface area contributed by atoms with Gasteiger partial charge in [0.1, 0.15) is 4.88 Å². The van der Waals surface area contributed by atoms with Crippen molar-refractivity contribution in [2.75, 3.05) is 5.88 Å². The number of hydrogen-bond donors (Lipinski definition) is 1. The number of amides is 1. The molecule has 0 radical (unpaired) electrons. The van der Waals surface area contributed by atoms with E-state index in [0.717, 1.165) is 17.1 Å². The van der Waals surface area contributed by atoms with Crippen molar-refractivity contribution in [1.82, 2.24) is 10.3 Å². The fourth-order valence-corrected chi connectivity index (χ4v) is 2.42. The standard InChI is InChI=1S/C10H15ClN2OS/c1-6(4-5-11)12-10(14)9-7(2)13-8(3)15-9/h6H,4-5H2,1-3H3,(H,12,14). The van der Waals surface area contributed by atoms with Crippen molar-refractivity contribution in [3.8, 4) is 0 Å². The summed E-state index contributed by atoms with van der Waals surface area (Å²) >= 11 is 7.03. The first kappa shape index (κ1) is 12.5. The van der Waals surface area contributed by atoms with Gasteiger partial charge in [-0.2, -0.15) is 0 Å². The number of rotatable bonds is 4. The number of aryl methyl sites for hydroxylation is 2. The summed E-state index contributed by atoms with van der Waals surface area (Å²) in [4.78, 5) is 16.7. The Bertz CT molecular complexity index is 351. The van der Waals surface area contributed by atoms with Gasteiger partial charge in [0, 0.05) is 11.9 Å². The highest BCUT2D eigenvalue weighted by Crippen LogP contribution is 2.17. The van der Waals surface area contributed by atoms with Gasteiger partial charge in [0.25, 0.3) is 5.91 Å². The molecule has 0 aromatic carbocycles. The second-order valence-electron chi connectivity index (χ2n) is 3.50. The van der Waals surface area contributed by atoms with Crippen LogP contribution in [0.25, 0.3) is 0 Å². The SMILES string of the molecule is Cc1nc(C)c(C(=O)NC(C)CCCl)s1. The summed E-state index contributed by atoms with van der Waals surface area (Å²) in [5, 5.41) is 3.82. The van der Waals surface area contributed by atoms with E-state index < -0.39 is 0 Å². The first-order valence-corrected chi connectivity index (χ1v) is 6.20. The molecule has 84 valence electrons. The zero-order valence-electron chi connectivity index (χ0n) is 9.13. The predicted molar refractivity (Wildman–Crippen MR) is 63.9 cm³/mol. The number of halogens is 1. The lowest BCUT2D eigenvalue weighted by Gasteiger charge is -2.11. The maximum atomic E-state index is 11.8. The Morgan fingerprint density at radius 2 is 2.27 bits per heavy atom. The minimum Gasteiger partial charge on any atom is -0.349 e. The lowest BCUT2D eigenvalue weighted by molar-refractivity contribution is 0.0943. The van der Waals surface area contributed by atoms with Gasteiger partial charge in [0.2, 0.25) is 0 Å². The van der Waals surface area contributed by atoms with Crippen LogP contribution in [0.4, 0.5) is 0 Å². The van der Waals surface area contributed by atoms with Crippen molar-refractivity contribution in [2.24, 2.45) is 0 Å². The highest BCUT2D eigenvalue weighted by molar-refractivity contribution is 7.13. The van der Waals surface area contributed by atoms with E-state index in [-0.39, 0.29) is 11.9 Å². The first-order valence-electron chi connectivity index (χ1n) is 4.85. The van der Waals surface area contributed by atoms with E-state index in [1.165, 1.54) is 11.3 Å². The van der Waals surface area contributed by atoms with Crippen LogP contribution in [0.15, 0.2) is 0 Å². The Balaban J connectivity index is 2.65. The molecule has 1 aromatic rings. The number of alkyl halides is 1. The molecule has 0 aliphatic heterocycles. The van der Waals surface area contributed by atoms with E-state index in [9.17, 15) is 4.79 Å². The third kappa shape index (κ3) is 3.47. The molecule has 0 bridgehead atoms. The van der Waals surface area contributed by atoms with Crippen LogP contribution in [0, 0.1) is 13.8 Å². The molecule has 0 saturated carbocycles. The topological polar surface area (TPSA) is 42.0 Å². The Kier molecular flexibility index (Phi) is 4.54. The van der Waals surface area contributed by atoms with Gasteiger partial charge in [-0.25, -0.2) is 4.98 Å². The number of carbonyl (C=O) groups is 1. The van der Waals surface area contributed by atoms with Gasteiger partial charge >= 0.3 is 0 Å². The van der Waals surface area contributed by atoms with Crippen molar-refractivity contribution in [2.45, 2.75) is 33.2 Å². The van der Waals surface area contributed by atoms with Crippen LogP contribution in [-0.4, -0.2) is 22.8 Å². The van der Waals surface area contributed by atoms with E-state index in [4.69, 9.17) is 11.6 Å². The molecular formula is C10H15ClN2OS. The van der Waals surface area contributed by atoms with Crippen LogP contribution >= 0.6 is 22.9 Å². The molecule has 1 atom stereocenters. The van der Waals surface area contributed by atoms with Crippen LogP contribution in [0.5, 0.6) is 0 Å². The monoisotopic (exact) mass is 246 g/mol. The molecular weight excluding hydrogens is 232 g/mol. The fraction of sp³-hybridized carbons (Fsp3) is 0.600. The second kappa shape index (κ2) is 5.47. The van der Waals surface area contributed by atoms with Crippen molar-refractivity contribution in [3.05, 3.63) is 15.6 Å². The van der Waals surface area contributed by atoms with Gasteiger partial charge in [0.15, 0.2) is 0 Å². The highest BCUT2D eigenvalue weighted by Gasteiger charge is 2.15. The number of thiazole rings is 1. The van der Waals surface area contributed by atoms with Crippen LogP contribution in [-0.2, 0) is 0 Å². The van der Waals surface area contributed by atoms with Gasteiger partial charge in [-0.15, -0.1) is 22.9 Å². The van der Waals surface area contributed by atoms with Gasteiger partial charge < -0.3 is 5.32 Å². The number of nitrogens with one attached hydrogen (secondary N) is 1. The summed E-state index contributed by atoms with van der Waals surface area (Å²) < 4.78 is 0. The predicted octanol–water partition coefficient (Wildman–Crippen LogP) is 2.51. The molecule has 3 nitrogen and oxygen atoms in total.